The van der Waals surface area contributed by atoms with E-state index in [4.69, 9.17) is 9.84 Å². The number of rotatable bonds is 2. The number of halogens is 2. The fourth-order valence-electron chi connectivity index (χ4n) is 2.32. The van der Waals surface area contributed by atoms with Crippen LogP contribution in [0, 0.1) is 11.6 Å². The summed E-state index contributed by atoms with van der Waals surface area (Å²) < 4.78 is 33.1. The standard InChI is InChI=1S/C13H15F2NO3/c1-7-5-16(6-8(2)19-7)10-4-3-9(13(17)18)11(14)12(10)15/h3-4,7-8H,5-6H2,1-2H3,(H,17,18). The zero-order chi connectivity index (χ0) is 14.2. The number of morpholine rings is 1. The van der Waals surface area contributed by atoms with Gasteiger partial charge in [-0.25, -0.2) is 13.6 Å². The Bertz CT molecular complexity index is 497. The van der Waals surface area contributed by atoms with Gasteiger partial charge in [0.05, 0.1) is 23.5 Å². The molecule has 2 rings (SSSR count). The second kappa shape index (κ2) is 5.13. The number of anilines is 1. The highest BCUT2D eigenvalue weighted by Crippen LogP contribution is 2.27. The van der Waals surface area contributed by atoms with Gasteiger partial charge in [0.2, 0.25) is 0 Å². The van der Waals surface area contributed by atoms with Crippen molar-refractivity contribution in [1.29, 1.82) is 0 Å². The maximum Gasteiger partial charge on any atom is 0.338 e. The SMILES string of the molecule is CC1CN(c2ccc(C(=O)O)c(F)c2F)CC(C)O1. The summed E-state index contributed by atoms with van der Waals surface area (Å²) in [7, 11) is 0. The Morgan fingerprint density at radius 1 is 1.26 bits per heavy atom. The average Bonchev–Trinajstić information content (AvgIpc) is 2.30. The molecule has 4 nitrogen and oxygen atoms in total. The van der Waals surface area contributed by atoms with Gasteiger partial charge < -0.3 is 14.7 Å². The first kappa shape index (κ1) is 13.7. The maximum absolute atomic E-state index is 13.9. The smallest absolute Gasteiger partial charge is 0.338 e. The molecule has 19 heavy (non-hydrogen) atoms. The Balaban J connectivity index is 2.35. The van der Waals surface area contributed by atoms with Crippen molar-refractivity contribution in [2.75, 3.05) is 18.0 Å². The van der Waals surface area contributed by atoms with E-state index in [1.165, 1.54) is 6.07 Å². The zero-order valence-corrected chi connectivity index (χ0v) is 10.7. The van der Waals surface area contributed by atoms with Gasteiger partial charge in [-0.3, -0.25) is 0 Å². The quantitative estimate of drug-likeness (QED) is 0.896. The van der Waals surface area contributed by atoms with Crippen LogP contribution < -0.4 is 4.90 Å². The largest absolute Gasteiger partial charge is 0.478 e. The zero-order valence-electron chi connectivity index (χ0n) is 10.7. The predicted octanol–water partition coefficient (Wildman–Crippen LogP) is 2.28. The van der Waals surface area contributed by atoms with Crippen molar-refractivity contribution in [3.63, 3.8) is 0 Å². The third kappa shape index (κ3) is 2.68. The number of carboxylic acid groups (broad SMARTS) is 1. The third-order valence-electron chi connectivity index (χ3n) is 3.05. The van der Waals surface area contributed by atoms with Gasteiger partial charge in [-0.05, 0) is 26.0 Å². The molecule has 1 aliphatic heterocycles. The predicted molar refractivity (Wildman–Crippen MR) is 65.5 cm³/mol. The molecular weight excluding hydrogens is 256 g/mol. The number of ether oxygens (including phenoxy) is 1. The molecule has 1 aromatic carbocycles. The van der Waals surface area contributed by atoms with Gasteiger partial charge in [-0.1, -0.05) is 0 Å². The van der Waals surface area contributed by atoms with Crippen LogP contribution in [-0.4, -0.2) is 36.4 Å². The summed E-state index contributed by atoms with van der Waals surface area (Å²) in [5.74, 6) is -3.93. The topological polar surface area (TPSA) is 49.8 Å². The molecule has 1 heterocycles. The lowest BCUT2D eigenvalue weighted by atomic mass is 10.1. The Hall–Kier alpha value is -1.69. The van der Waals surface area contributed by atoms with Crippen molar-refractivity contribution in [3.05, 3.63) is 29.3 Å². The van der Waals surface area contributed by atoms with Gasteiger partial charge in [0.15, 0.2) is 11.6 Å². The van der Waals surface area contributed by atoms with Crippen LogP contribution in [-0.2, 0) is 4.74 Å². The molecule has 0 spiro atoms. The summed E-state index contributed by atoms with van der Waals surface area (Å²) in [5.41, 5.74) is -0.583. The molecule has 1 N–H and O–H groups in total. The second-order valence-corrected chi connectivity index (χ2v) is 4.73. The fourth-order valence-corrected chi connectivity index (χ4v) is 2.32. The van der Waals surface area contributed by atoms with E-state index in [-0.39, 0.29) is 17.9 Å². The highest BCUT2D eigenvalue weighted by atomic mass is 19.2. The van der Waals surface area contributed by atoms with Crippen molar-refractivity contribution >= 4 is 11.7 Å². The summed E-state index contributed by atoms with van der Waals surface area (Å²) in [5, 5.41) is 8.74. The number of aromatic carboxylic acids is 1. The number of carboxylic acids is 1. The average molecular weight is 271 g/mol. The van der Waals surface area contributed by atoms with Crippen molar-refractivity contribution < 1.29 is 23.4 Å². The lowest BCUT2D eigenvalue weighted by Crippen LogP contribution is -2.46. The van der Waals surface area contributed by atoms with E-state index in [1.807, 2.05) is 13.8 Å². The van der Waals surface area contributed by atoms with E-state index in [9.17, 15) is 13.6 Å². The lowest BCUT2D eigenvalue weighted by molar-refractivity contribution is -0.00544. The maximum atomic E-state index is 13.9. The Labute approximate surface area is 109 Å². The highest BCUT2D eigenvalue weighted by Gasteiger charge is 2.27. The van der Waals surface area contributed by atoms with Crippen LogP contribution in [0.1, 0.15) is 24.2 Å². The molecule has 1 aromatic rings. The number of hydrogen-bond donors (Lipinski definition) is 1. The lowest BCUT2D eigenvalue weighted by Gasteiger charge is -2.37. The van der Waals surface area contributed by atoms with Gasteiger partial charge in [0.25, 0.3) is 0 Å². The molecule has 2 unspecified atom stereocenters. The molecular formula is C13H15F2NO3. The van der Waals surface area contributed by atoms with E-state index in [0.717, 1.165) is 6.07 Å². The highest BCUT2D eigenvalue weighted by molar-refractivity contribution is 5.88. The molecule has 0 saturated carbocycles. The Morgan fingerprint density at radius 2 is 1.84 bits per heavy atom. The van der Waals surface area contributed by atoms with E-state index in [0.29, 0.717) is 13.1 Å². The van der Waals surface area contributed by atoms with Crippen LogP contribution in [0.3, 0.4) is 0 Å². The molecule has 0 radical (unpaired) electrons. The van der Waals surface area contributed by atoms with Gasteiger partial charge >= 0.3 is 5.97 Å². The summed E-state index contributed by atoms with van der Waals surface area (Å²) in [6.07, 6.45) is -0.185. The van der Waals surface area contributed by atoms with Crippen molar-refractivity contribution in [2.45, 2.75) is 26.1 Å². The van der Waals surface area contributed by atoms with Crippen LogP contribution in [0.15, 0.2) is 12.1 Å². The fraction of sp³-hybridized carbons (Fsp3) is 0.462. The molecule has 2 atom stereocenters. The third-order valence-corrected chi connectivity index (χ3v) is 3.05. The van der Waals surface area contributed by atoms with Gasteiger partial charge in [-0.2, -0.15) is 0 Å². The van der Waals surface area contributed by atoms with E-state index in [2.05, 4.69) is 0 Å². The molecule has 1 fully saturated rings. The monoisotopic (exact) mass is 271 g/mol. The van der Waals surface area contributed by atoms with Crippen LogP contribution in [0.5, 0.6) is 0 Å². The minimum absolute atomic E-state index is 0.0736. The van der Waals surface area contributed by atoms with Crippen molar-refractivity contribution in [2.24, 2.45) is 0 Å². The Morgan fingerprint density at radius 3 is 2.37 bits per heavy atom. The molecule has 0 amide bonds. The van der Waals surface area contributed by atoms with Crippen LogP contribution in [0.2, 0.25) is 0 Å². The molecule has 0 aromatic heterocycles. The normalized spacial score (nSPS) is 23.5. The molecule has 0 bridgehead atoms. The molecule has 0 aliphatic carbocycles. The van der Waals surface area contributed by atoms with Gasteiger partial charge in [-0.15, -0.1) is 0 Å². The molecule has 6 heteroatoms. The van der Waals surface area contributed by atoms with Crippen molar-refractivity contribution in [1.82, 2.24) is 0 Å². The minimum atomic E-state index is -1.48. The van der Waals surface area contributed by atoms with E-state index >= 15 is 0 Å². The number of nitrogens with zero attached hydrogens (tertiary/aromatic N) is 1. The summed E-state index contributed by atoms with van der Waals surface area (Å²) >= 11 is 0. The first-order valence-electron chi connectivity index (χ1n) is 6.02. The van der Waals surface area contributed by atoms with Crippen LogP contribution in [0.4, 0.5) is 14.5 Å². The first-order chi connectivity index (χ1) is 8.90. The summed E-state index contributed by atoms with van der Waals surface area (Å²) in [4.78, 5) is 12.4. The van der Waals surface area contributed by atoms with Crippen LogP contribution in [0.25, 0.3) is 0 Å². The summed E-state index contributed by atoms with van der Waals surface area (Å²) in [6, 6.07) is 2.38. The molecule has 104 valence electrons. The number of hydrogen-bond acceptors (Lipinski definition) is 3. The number of carbonyl (C=O) groups is 1. The van der Waals surface area contributed by atoms with Gasteiger partial charge in [0.1, 0.15) is 0 Å². The first-order valence-corrected chi connectivity index (χ1v) is 6.02. The second-order valence-electron chi connectivity index (χ2n) is 4.73. The minimum Gasteiger partial charge on any atom is -0.478 e. The number of benzene rings is 1. The Kier molecular flexibility index (Phi) is 3.71. The van der Waals surface area contributed by atoms with Crippen molar-refractivity contribution in [3.8, 4) is 0 Å². The van der Waals surface area contributed by atoms with E-state index in [1.54, 1.807) is 4.90 Å². The summed E-state index contributed by atoms with van der Waals surface area (Å²) in [6.45, 7) is 4.57. The van der Waals surface area contributed by atoms with E-state index < -0.39 is 23.2 Å². The van der Waals surface area contributed by atoms with Gasteiger partial charge in [0, 0.05) is 13.1 Å². The molecule has 1 aliphatic rings. The van der Waals surface area contributed by atoms with Crippen LogP contribution >= 0.6 is 0 Å². The molecule has 1 saturated heterocycles.